The van der Waals surface area contributed by atoms with Crippen molar-refractivity contribution in [2.75, 3.05) is 13.1 Å². The zero-order valence-corrected chi connectivity index (χ0v) is 16.0. The first-order valence-electron chi connectivity index (χ1n) is 9.22. The van der Waals surface area contributed by atoms with Crippen LogP contribution < -0.4 is 0 Å². The molecule has 0 fully saturated rings. The molecule has 2 aromatic heterocycles. The number of hydrogen-bond acceptors (Lipinski definition) is 3. The summed E-state index contributed by atoms with van der Waals surface area (Å²) in [5, 5.41) is 0. The summed E-state index contributed by atoms with van der Waals surface area (Å²) in [6, 6.07) is 11.6. The number of carbonyl (C=O) groups excluding carboxylic acids is 1. The molecule has 0 aliphatic heterocycles. The molecule has 0 bridgehead atoms. The van der Waals surface area contributed by atoms with E-state index in [1.807, 2.05) is 45.9 Å². The van der Waals surface area contributed by atoms with E-state index in [1.165, 1.54) is 0 Å². The van der Waals surface area contributed by atoms with Gasteiger partial charge in [0.1, 0.15) is 6.54 Å². The molecule has 0 saturated heterocycles. The molecule has 138 valence electrons. The van der Waals surface area contributed by atoms with Crippen molar-refractivity contribution < 1.29 is 9.21 Å². The van der Waals surface area contributed by atoms with Gasteiger partial charge < -0.3 is 13.9 Å². The van der Waals surface area contributed by atoms with Crippen molar-refractivity contribution in [1.29, 1.82) is 0 Å². The topological polar surface area (TPSA) is 51.3 Å². The summed E-state index contributed by atoms with van der Waals surface area (Å²) in [7, 11) is 0. The van der Waals surface area contributed by atoms with Crippen LogP contribution in [0.15, 0.2) is 47.1 Å². The van der Waals surface area contributed by atoms with Gasteiger partial charge in [0, 0.05) is 13.1 Å². The van der Waals surface area contributed by atoms with Crippen LogP contribution in [0.1, 0.15) is 27.7 Å². The van der Waals surface area contributed by atoms with Crippen molar-refractivity contribution in [2.45, 2.75) is 34.2 Å². The van der Waals surface area contributed by atoms with Crippen LogP contribution in [-0.4, -0.2) is 33.4 Å². The Labute approximate surface area is 154 Å². The minimum absolute atomic E-state index is 0.114. The summed E-state index contributed by atoms with van der Waals surface area (Å²) in [6.45, 7) is 10.3. The van der Waals surface area contributed by atoms with E-state index in [0.29, 0.717) is 23.4 Å². The second-order valence-corrected chi connectivity index (χ2v) is 7.57. The van der Waals surface area contributed by atoms with Gasteiger partial charge in [-0.05, 0) is 36.1 Å². The van der Waals surface area contributed by atoms with Crippen LogP contribution in [0.2, 0.25) is 0 Å². The van der Waals surface area contributed by atoms with Gasteiger partial charge in [0.05, 0.1) is 17.3 Å². The summed E-state index contributed by atoms with van der Waals surface area (Å²) in [5.74, 6) is 2.35. The van der Waals surface area contributed by atoms with Crippen molar-refractivity contribution in [3.05, 3.63) is 42.7 Å². The fourth-order valence-electron chi connectivity index (χ4n) is 3.22. The van der Waals surface area contributed by atoms with E-state index < -0.39 is 0 Å². The number of furan rings is 1. The minimum Gasteiger partial charge on any atom is -0.461 e. The molecule has 0 aliphatic carbocycles. The van der Waals surface area contributed by atoms with E-state index in [-0.39, 0.29) is 12.5 Å². The molecule has 0 atom stereocenters. The van der Waals surface area contributed by atoms with Gasteiger partial charge in [-0.3, -0.25) is 4.79 Å². The lowest BCUT2D eigenvalue weighted by atomic mass is 10.1. The summed E-state index contributed by atoms with van der Waals surface area (Å²) >= 11 is 0. The number of aromatic nitrogens is 2. The first kappa shape index (κ1) is 18.2. The fraction of sp³-hybridized carbons (Fsp3) is 0.429. The van der Waals surface area contributed by atoms with E-state index >= 15 is 0 Å². The smallest absolute Gasteiger partial charge is 0.242 e. The van der Waals surface area contributed by atoms with E-state index in [2.05, 4.69) is 32.7 Å². The zero-order chi connectivity index (χ0) is 18.7. The molecule has 0 aliphatic rings. The van der Waals surface area contributed by atoms with Gasteiger partial charge in [0.25, 0.3) is 0 Å². The number of para-hydroxylation sites is 2. The Morgan fingerprint density at radius 3 is 2.38 bits per heavy atom. The monoisotopic (exact) mass is 353 g/mol. The second kappa shape index (κ2) is 7.77. The van der Waals surface area contributed by atoms with Crippen molar-refractivity contribution in [3.8, 4) is 11.6 Å². The molecule has 2 heterocycles. The summed E-state index contributed by atoms with van der Waals surface area (Å²) in [6.07, 6.45) is 1.63. The van der Waals surface area contributed by atoms with Gasteiger partial charge >= 0.3 is 0 Å². The van der Waals surface area contributed by atoms with E-state index in [9.17, 15) is 4.79 Å². The maximum atomic E-state index is 13.1. The average Bonchev–Trinajstić information content (AvgIpc) is 3.21. The Morgan fingerprint density at radius 1 is 1.08 bits per heavy atom. The van der Waals surface area contributed by atoms with E-state index in [4.69, 9.17) is 4.42 Å². The highest BCUT2D eigenvalue weighted by atomic mass is 16.3. The van der Waals surface area contributed by atoms with E-state index in [0.717, 1.165) is 24.1 Å². The highest BCUT2D eigenvalue weighted by molar-refractivity contribution is 5.84. The van der Waals surface area contributed by atoms with Crippen LogP contribution >= 0.6 is 0 Å². The lowest BCUT2D eigenvalue weighted by Gasteiger charge is -2.27. The van der Waals surface area contributed by atoms with Crippen molar-refractivity contribution in [1.82, 2.24) is 14.5 Å². The van der Waals surface area contributed by atoms with Crippen LogP contribution in [0, 0.1) is 11.8 Å². The molecule has 0 unspecified atom stereocenters. The van der Waals surface area contributed by atoms with Crippen LogP contribution in [0.4, 0.5) is 0 Å². The molecule has 5 heteroatoms. The number of nitrogens with zero attached hydrogens (tertiary/aromatic N) is 3. The number of rotatable bonds is 7. The molecular formula is C21H27N3O2. The molecule has 1 amide bonds. The first-order chi connectivity index (χ1) is 12.5. The maximum Gasteiger partial charge on any atom is 0.242 e. The number of fused-ring (bicyclic) bond motifs is 1. The molecule has 3 rings (SSSR count). The molecule has 0 spiro atoms. The van der Waals surface area contributed by atoms with Gasteiger partial charge in [-0.15, -0.1) is 0 Å². The fourth-order valence-corrected chi connectivity index (χ4v) is 3.22. The third-order valence-corrected chi connectivity index (χ3v) is 4.21. The molecule has 5 nitrogen and oxygen atoms in total. The molecular weight excluding hydrogens is 326 g/mol. The highest BCUT2D eigenvalue weighted by Gasteiger charge is 2.21. The van der Waals surface area contributed by atoms with Crippen molar-refractivity contribution in [2.24, 2.45) is 11.8 Å². The Morgan fingerprint density at radius 2 is 1.77 bits per heavy atom. The van der Waals surface area contributed by atoms with E-state index in [1.54, 1.807) is 6.26 Å². The Balaban J connectivity index is 1.96. The lowest BCUT2D eigenvalue weighted by molar-refractivity contribution is -0.132. The van der Waals surface area contributed by atoms with Gasteiger partial charge in [0.2, 0.25) is 5.91 Å². The number of amides is 1. The van der Waals surface area contributed by atoms with Gasteiger partial charge in [0.15, 0.2) is 11.6 Å². The normalized spacial score (nSPS) is 11.6. The molecule has 0 N–H and O–H groups in total. The Hall–Kier alpha value is -2.56. The van der Waals surface area contributed by atoms with Crippen molar-refractivity contribution >= 4 is 16.9 Å². The third-order valence-electron chi connectivity index (χ3n) is 4.21. The largest absolute Gasteiger partial charge is 0.461 e. The number of imidazole rings is 1. The minimum atomic E-state index is 0.114. The molecule has 0 saturated carbocycles. The highest BCUT2D eigenvalue weighted by Crippen LogP contribution is 2.25. The molecule has 26 heavy (non-hydrogen) atoms. The maximum absolute atomic E-state index is 13.1. The Kier molecular flexibility index (Phi) is 5.45. The Bertz CT molecular complexity index is 853. The van der Waals surface area contributed by atoms with Crippen LogP contribution in [0.5, 0.6) is 0 Å². The second-order valence-electron chi connectivity index (χ2n) is 7.57. The van der Waals surface area contributed by atoms with Gasteiger partial charge in [-0.25, -0.2) is 4.98 Å². The van der Waals surface area contributed by atoms with Crippen LogP contribution in [0.3, 0.4) is 0 Å². The third kappa shape index (κ3) is 3.98. The lowest BCUT2D eigenvalue weighted by Crippen LogP contribution is -2.39. The molecule has 3 aromatic rings. The zero-order valence-electron chi connectivity index (χ0n) is 16.0. The summed E-state index contributed by atoms with van der Waals surface area (Å²) < 4.78 is 7.52. The van der Waals surface area contributed by atoms with Gasteiger partial charge in [-0.2, -0.15) is 0 Å². The standard InChI is InChI=1S/C21H27N3O2/c1-15(2)12-23(13-16(3)4)20(25)14-24-18-9-6-5-8-17(18)22-21(24)19-10-7-11-26-19/h5-11,15-16H,12-14H2,1-4H3. The predicted molar refractivity (Wildman–Crippen MR) is 104 cm³/mol. The quantitative estimate of drug-likeness (QED) is 0.631. The average molecular weight is 353 g/mol. The van der Waals surface area contributed by atoms with Crippen LogP contribution in [0.25, 0.3) is 22.6 Å². The molecule has 1 aromatic carbocycles. The number of carbonyl (C=O) groups is 1. The predicted octanol–water partition coefficient (Wildman–Crippen LogP) is 4.44. The summed E-state index contributed by atoms with van der Waals surface area (Å²) in [5.41, 5.74) is 1.81. The molecule has 0 radical (unpaired) electrons. The summed E-state index contributed by atoms with van der Waals surface area (Å²) in [4.78, 5) is 19.7. The number of hydrogen-bond donors (Lipinski definition) is 0. The SMILES string of the molecule is CC(C)CN(CC(C)C)C(=O)Cn1c(-c2ccco2)nc2ccccc21. The first-order valence-corrected chi connectivity index (χ1v) is 9.22. The van der Waals surface area contributed by atoms with Gasteiger partial charge in [-0.1, -0.05) is 39.8 Å². The van der Waals surface area contributed by atoms with Crippen LogP contribution in [-0.2, 0) is 11.3 Å². The van der Waals surface area contributed by atoms with Crippen molar-refractivity contribution in [3.63, 3.8) is 0 Å². The number of benzene rings is 1.